The third-order valence-electron chi connectivity index (χ3n) is 4.02. The molecule has 2 atom stereocenters. The minimum atomic E-state index is -1.17. The Morgan fingerprint density at radius 3 is 2.14 bits per heavy atom. The molecule has 112 valence electrons. The molecule has 1 aromatic carbocycles. The lowest BCUT2D eigenvalue weighted by molar-refractivity contribution is -0.313. The summed E-state index contributed by atoms with van der Waals surface area (Å²) in [6.07, 6.45) is 0.816. The van der Waals surface area contributed by atoms with E-state index in [0.717, 1.165) is 11.1 Å². The van der Waals surface area contributed by atoms with Gasteiger partial charge >= 0.3 is 0 Å². The van der Waals surface area contributed by atoms with E-state index < -0.39 is 17.8 Å². The lowest BCUT2D eigenvalue weighted by atomic mass is 9.76. The van der Waals surface area contributed by atoms with E-state index in [0.29, 0.717) is 23.6 Å². The fraction of sp³-hybridized carbons (Fsp3) is 0.375. The van der Waals surface area contributed by atoms with Crippen molar-refractivity contribution in [1.82, 2.24) is 0 Å². The number of carboxylic acids is 1. The Hall–Kier alpha value is -1.81. The van der Waals surface area contributed by atoms with Gasteiger partial charge in [-0.25, -0.2) is 0 Å². The van der Waals surface area contributed by atoms with E-state index in [2.05, 4.69) is 5.32 Å². The number of hydrogen-bond acceptors (Lipinski definition) is 3. The summed E-state index contributed by atoms with van der Waals surface area (Å²) >= 11 is 5.79. The molecule has 0 unspecified atom stereocenters. The molecule has 1 N–H and O–H groups in total. The molecule has 0 saturated heterocycles. The van der Waals surface area contributed by atoms with E-state index in [9.17, 15) is 14.7 Å². The number of amides is 1. The average Bonchev–Trinajstić information content (AvgIpc) is 2.43. The maximum Gasteiger partial charge on any atom is 0.228 e. The molecule has 0 aromatic heterocycles. The first-order valence-corrected chi connectivity index (χ1v) is 7.18. The van der Waals surface area contributed by atoms with Crippen molar-refractivity contribution in [2.45, 2.75) is 26.7 Å². The first kappa shape index (κ1) is 15.6. The Morgan fingerprint density at radius 2 is 1.62 bits per heavy atom. The number of carbonyl (C=O) groups excluding carboxylic acids is 2. The van der Waals surface area contributed by atoms with Gasteiger partial charge in [-0.3, -0.25) is 4.79 Å². The van der Waals surface area contributed by atoms with Crippen LogP contribution in [0.5, 0.6) is 0 Å². The molecule has 1 aliphatic carbocycles. The van der Waals surface area contributed by atoms with Gasteiger partial charge in [-0.1, -0.05) is 22.7 Å². The van der Waals surface area contributed by atoms with Gasteiger partial charge in [0.25, 0.3) is 0 Å². The third-order valence-corrected chi connectivity index (χ3v) is 4.27. The highest BCUT2D eigenvalue weighted by molar-refractivity contribution is 6.30. The predicted molar refractivity (Wildman–Crippen MR) is 79.7 cm³/mol. The van der Waals surface area contributed by atoms with E-state index in [-0.39, 0.29) is 5.91 Å². The fourth-order valence-electron chi connectivity index (χ4n) is 2.58. The molecule has 0 bridgehead atoms. The van der Waals surface area contributed by atoms with Gasteiger partial charge in [-0.2, -0.15) is 0 Å². The predicted octanol–water partition coefficient (Wildman–Crippen LogP) is 2.39. The Morgan fingerprint density at radius 1 is 1.10 bits per heavy atom. The summed E-state index contributed by atoms with van der Waals surface area (Å²) in [5, 5.41) is 14.6. The second kappa shape index (κ2) is 6.31. The topological polar surface area (TPSA) is 69.2 Å². The highest BCUT2D eigenvalue weighted by Crippen LogP contribution is 2.34. The summed E-state index contributed by atoms with van der Waals surface area (Å²) < 4.78 is 0. The van der Waals surface area contributed by atoms with Gasteiger partial charge in [-0.15, -0.1) is 0 Å². The Bertz CT molecular complexity index is 592. The highest BCUT2D eigenvalue weighted by atomic mass is 35.5. The Kier molecular flexibility index (Phi) is 4.68. The van der Waals surface area contributed by atoms with Crippen LogP contribution in [0.4, 0.5) is 5.69 Å². The van der Waals surface area contributed by atoms with Crippen molar-refractivity contribution in [3.05, 3.63) is 40.4 Å². The smallest absolute Gasteiger partial charge is 0.228 e. The fourth-order valence-corrected chi connectivity index (χ4v) is 2.71. The molecule has 1 aliphatic rings. The molecule has 1 amide bonds. The van der Waals surface area contributed by atoms with Crippen LogP contribution in [-0.4, -0.2) is 11.9 Å². The minimum Gasteiger partial charge on any atom is -0.550 e. The molecule has 0 saturated carbocycles. The van der Waals surface area contributed by atoms with Gasteiger partial charge in [0.2, 0.25) is 5.91 Å². The number of nitrogens with one attached hydrogen (secondary N) is 1. The van der Waals surface area contributed by atoms with Gasteiger partial charge < -0.3 is 15.2 Å². The number of carbonyl (C=O) groups is 2. The second-order valence-corrected chi connectivity index (χ2v) is 5.93. The van der Waals surface area contributed by atoms with Gasteiger partial charge in [-0.05, 0) is 51.0 Å². The molecule has 5 heteroatoms. The van der Waals surface area contributed by atoms with Crippen molar-refractivity contribution in [3.63, 3.8) is 0 Å². The zero-order chi connectivity index (χ0) is 15.6. The molecule has 21 heavy (non-hydrogen) atoms. The van der Waals surface area contributed by atoms with Crippen molar-refractivity contribution in [1.29, 1.82) is 0 Å². The molecular weight excluding hydrogens is 290 g/mol. The van der Waals surface area contributed by atoms with Crippen LogP contribution in [0.2, 0.25) is 5.02 Å². The molecular formula is C16H17ClNO3-. The van der Waals surface area contributed by atoms with Crippen LogP contribution in [0.3, 0.4) is 0 Å². The zero-order valence-electron chi connectivity index (χ0n) is 12.0. The number of rotatable bonds is 3. The molecule has 1 aromatic rings. The molecule has 2 rings (SSSR count). The van der Waals surface area contributed by atoms with E-state index in [1.165, 1.54) is 0 Å². The zero-order valence-corrected chi connectivity index (χ0v) is 12.7. The standard InChI is InChI=1S/C16H18ClNO3/c1-9-7-13(14(16(20)21)8-10(9)2)15(19)18-12-5-3-11(17)4-6-12/h3-6,13-14H,7-8H2,1-2H3,(H,18,19)(H,20,21)/p-1/t13-,14+/m0/s1. The number of hydrogen-bond donors (Lipinski definition) is 1. The van der Waals surface area contributed by atoms with Gasteiger partial charge in [0.05, 0.1) is 5.92 Å². The van der Waals surface area contributed by atoms with E-state index >= 15 is 0 Å². The van der Waals surface area contributed by atoms with E-state index in [1.807, 2.05) is 13.8 Å². The molecule has 0 spiro atoms. The quantitative estimate of drug-likeness (QED) is 0.872. The van der Waals surface area contributed by atoms with Crippen molar-refractivity contribution in [2.24, 2.45) is 11.8 Å². The number of halogens is 1. The van der Waals surface area contributed by atoms with E-state index in [4.69, 9.17) is 11.6 Å². The molecule has 0 fully saturated rings. The Balaban J connectivity index is 2.16. The summed E-state index contributed by atoms with van der Waals surface area (Å²) in [5.41, 5.74) is 2.70. The summed E-state index contributed by atoms with van der Waals surface area (Å²) in [4.78, 5) is 23.6. The maximum atomic E-state index is 12.4. The van der Waals surface area contributed by atoms with Crippen molar-refractivity contribution >= 4 is 29.2 Å². The van der Waals surface area contributed by atoms with Gasteiger partial charge in [0, 0.05) is 22.6 Å². The number of anilines is 1. The first-order chi connectivity index (χ1) is 9.88. The van der Waals surface area contributed by atoms with Crippen molar-refractivity contribution < 1.29 is 14.7 Å². The minimum absolute atomic E-state index is 0.293. The molecule has 4 nitrogen and oxygen atoms in total. The van der Waals surface area contributed by atoms with Crippen molar-refractivity contribution in [2.75, 3.05) is 5.32 Å². The van der Waals surface area contributed by atoms with Crippen LogP contribution in [0.25, 0.3) is 0 Å². The summed E-state index contributed by atoms with van der Waals surface area (Å²) in [6.45, 7) is 3.84. The largest absolute Gasteiger partial charge is 0.550 e. The average molecular weight is 307 g/mol. The molecule has 0 radical (unpaired) electrons. The lowest BCUT2D eigenvalue weighted by Gasteiger charge is -2.32. The van der Waals surface area contributed by atoms with Crippen LogP contribution in [0.1, 0.15) is 26.7 Å². The Labute approximate surface area is 128 Å². The van der Waals surface area contributed by atoms with Gasteiger partial charge in [0.1, 0.15) is 0 Å². The van der Waals surface area contributed by atoms with Crippen LogP contribution >= 0.6 is 11.6 Å². The van der Waals surface area contributed by atoms with Crippen molar-refractivity contribution in [3.8, 4) is 0 Å². The number of benzene rings is 1. The second-order valence-electron chi connectivity index (χ2n) is 5.50. The number of allylic oxidation sites excluding steroid dienone is 2. The summed E-state index contributed by atoms with van der Waals surface area (Å²) in [5.74, 6) is -2.84. The number of carboxylic acid groups (broad SMARTS) is 1. The van der Waals surface area contributed by atoms with Gasteiger partial charge in [0.15, 0.2) is 0 Å². The third kappa shape index (κ3) is 3.64. The monoisotopic (exact) mass is 306 g/mol. The van der Waals surface area contributed by atoms with Crippen LogP contribution in [-0.2, 0) is 9.59 Å². The summed E-state index contributed by atoms with van der Waals surface area (Å²) in [6, 6.07) is 6.71. The maximum absolute atomic E-state index is 12.4. The molecule has 0 aliphatic heterocycles. The molecule has 0 heterocycles. The first-order valence-electron chi connectivity index (χ1n) is 6.81. The van der Waals surface area contributed by atoms with E-state index in [1.54, 1.807) is 24.3 Å². The summed E-state index contributed by atoms with van der Waals surface area (Å²) in [7, 11) is 0. The SMILES string of the molecule is CC1=C(C)C[C@@H](C(=O)[O-])[C@@H](C(=O)Nc2ccc(Cl)cc2)C1. The van der Waals surface area contributed by atoms with Crippen LogP contribution in [0, 0.1) is 11.8 Å². The van der Waals surface area contributed by atoms with Crippen LogP contribution in [0.15, 0.2) is 35.4 Å². The normalized spacial score (nSPS) is 22.0. The lowest BCUT2D eigenvalue weighted by Crippen LogP contribution is -2.42. The highest BCUT2D eigenvalue weighted by Gasteiger charge is 2.33. The number of aliphatic carboxylic acids is 1. The van der Waals surface area contributed by atoms with Crippen LogP contribution < -0.4 is 10.4 Å².